The molecule has 0 spiro atoms. The normalized spacial score (nSPS) is 9.42. The molecule has 0 unspecified atom stereocenters. The van der Waals surface area contributed by atoms with E-state index in [1.165, 1.54) is 0 Å². The minimum Gasteiger partial charge on any atom is -0.330 e. The average Bonchev–Trinajstić information content (AvgIpc) is 2.04. The zero-order valence-electron chi connectivity index (χ0n) is 6.42. The van der Waals surface area contributed by atoms with Gasteiger partial charge >= 0.3 is 0 Å². The summed E-state index contributed by atoms with van der Waals surface area (Å²) in [5.74, 6) is 0. The first kappa shape index (κ1) is 8.98. The molecule has 0 saturated carbocycles. The molecule has 2 N–H and O–H groups in total. The van der Waals surface area contributed by atoms with E-state index >= 15 is 0 Å². The maximum absolute atomic E-state index is 8.55. The maximum Gasteiger partial charge on any atom is 0.142 e. The molecule has 0 aliphatic rings. The molecule has 0 fully saturated rings. The highest BCUT2D eigenvalue weighted by Gasteiger charge is 1.99. The summed E-state index contributed by atoms with van der Waals surface area (Å²) in [5.41, 5.74) is 6.65. The van der Waals surface area contributed by atoms with E-state index in [1.807, 2.05) is 6.07 Å². The van der Waals surface area contributed by atoms with Crippen LogP contribution in [-0.2, 0) is 6.42 Å². The number of nitrogens with two attached hydrogens (primary N) is 1. The van der Waals surface area contributed by atoms with E-state index < -0.39 is 0 Å². The molecule has 1 rings (SSSR count). The summed E-state index contributed by atoms with van der Waals surface area (Å²) in [5, 5.41) is 8.90. The molecular formula is C8H8ClN3. The fraction of sp³-hybridized carbons (Fsp3) is 0.250. The number of rotatable bonds is 2. The van der Waals surface area contributed by atoms with Crippen molar-refractivity contribution in [2.75, 3.05) is 6.54 Å². The molecule has 3 nitrogen and oxygen atoms in total. The van der Waals surface area contributed by atoms with Gasteiger partial charge in [0.05, 0.1) is 0 Å². The molecule has 1 heterocycles. The largest absolute Gasteiger partial charge is 0.330 e. The first-order valence-corrected chi connectivity index (χ1v) is 3.90. The van der Waals surface area contributed by atoms with E-state index in [-0.39, 0.29) is 0 Å². The van der Waals surface area contributed by atoms with Gasteiger partial charge in [-0.3, -0.25) is 0 Å². The fourth-order valence-electron chi connectivity index (χ4n) is 0.918. The van der Waals surface area contributed by atoms with Crippen LogP contribution in [-0.4, -0.2) is 11.5 Å². The third kappa shape index (κ3) is 2.19. The van der Waals surface area contributed by atoms with Gasteiger partial charge in [0.25, 0.3) is 0 Å². The standard InChI is InChI=1S/C8H8ClN3/c9-8-4-6(1-2-10)3-7(5-11)12-8/h3-4H,1-2,10H2. The highest BCUT2D eigenvalue weighted by Crippen LogP contribution is 2.10. The Hall–Kier alpha value is -1.11. The molecule has 0 amide bonds. The van der Waals surface area contributed by atoms with Crippen LogP contribution in [0.1, 0.15) is 11.3 Å². The molecule has 0 saturated heterocycles. The predicted molar refractivity (Wildman–Crippen MR) is 46.7 cm³/mol. The monoisotopic (exact) mass is 181 g/mol. The number of hydrogen-bond acceptors (Lipinski definition) is 3. The van der Waals surface area contributed by atoms with Crippen LogP contribution in [0.2, 0.25) is 5.15 Å². The van der Waals surface area contributed by atoms with Gasteiger partial charge in [-0.15, -0.1) is 0 Å². The molecule has 1 aromatic rings. The van der Waals surface area contributed by atoms with E-state index in [9.17, 15) is 0 Å². The summed E-state index contributed by atoms with van der Waals surface area (Å²) in [6.45, 7) is 0.547. The van der Waals surface area contributed by atoms with E-state index in [1.54, 1.807) is 12.1 Å². The van der Waals surface area contributed by atoms with Crippen LogP contribution >= 0.6 is 11.6 Å². The van der Waals surface area contributed by atoms with Crippen LogP contribution in [0, 0.1) is 11.3 Å². The molecule has 0 aromatic carbocycles. The van der Waals surface area contributed by atoms with Crippen LogP contribution in [0.4, 0.5) is 0 Å². The number of pyridine rings is 1. The molecule has 0 radical (unpaired) electrons. The van der Waals surface area contributed by atoms with Crippen molar-refractivity contribution < 1.29 is 0 Å². The van der Waals surface area contributed by atoms with Gasteiger partial charge in [0.1, 0.15) is 16.9 Å². The highest BCUT2D eigenvalue weighted by molar-refractivity contribution is 6.29. The van der Waals surface area contributed by atoms with Crippen molar-refractivity contribution in [1.82, 2.24) is 4.98 Å². The van der Waals surface area contributed by atoms with E-state index in [4.69, 9.17) is 22.6 Å². The van der Waals surface area contributed by atoms with Crippen LogP contribution in [0.15, 0.2) is 12.1 Å². The molecule has 0 aliphatic carbocycles. The first-order chi connectivity index (χ1) is 5.76. The van der Waals surface area contributed by atoms with E-state index in [0.717, 1.165) is 12.0 Å². The first-order valence-electron chi connectivity index (χ1n) is 3.53. The van der Waals surface area contributed by atoms with Gasteiger partial charge in [-0.2, -0.15) is 5.26 Å². The summed E-state index contributed by atoms with van der Waals surface area (Å²) >= 11 is 5.66. The van der Waals surface area contributed by atoms with Crippen LogP contribution in [0.25, 0.3) is 0 Å². The minimum atomic E-state index is 0.339. The summed E-state index contributed by atoms with van der Waals surface area (Å²) in [6, 6.07) is 5.34. The van der Waals surface area contributed by atoms with E-state index in [0.29, 0.717) is 17.4 Å². The van der Waals surface area contributed by atoms with Crippen LogP contribution < -0.4 is 5.73 Å². The lowest BCUT2D eigenvalue weighted by Crippen LogP contribution is -2.03. The lowest BCUT2D eigenvalue weighted by Gasteiger charge is -1.98. The molecular weight excluding hydrogens is 174 g/mol. The zero-order chi connectivity index (χ0) is 8.97. The molecule has 62 valence electrons. The molecule has 0 bridgehead atoms. The topological polar surface area (TPSA) is 62.7 Å². The molecule has 0 atom stereocenters. The summed E-state index contributed by atoms with van der Waals surface area (Å²) in [6.07, 6.45) is 0.719. The Morgan fingerprint density at radius 1 is 1.58 bits per heavy atom. The molecule has 0 aliphatic heterocycles. The third-order valence-electron chi connectivity index (χ3n) is 1.40. The Bertz CT molecular complexity index is 317. The van der Waals surface area contributed by atoms with Gasteiger partial charge in [-0.25, -0.2) is 4.98 Å². The predicted octanol–water partition coefficient (Wildman–Crippen LogP) is 1.11. The van der Waals surface area contributed by atoms with Gasteiger partial charge in [0, 0.05) is 0 Å². The van der Waals surface area contributed by atoms with Crippen molar-refractivity contribution >= 4 is 11.6 Å². The van der Waals surface area contributed by atoms with Gasteiger partial charge in [0.2, 0.25) is 0 Å². The van der Waals surface area contributed by atoms with Gasteiger partial charge in [0.15, 0.2) is 0 Å². The smallest absolute Gasteiger partial charge is 0.142 e. The van der Waals surface area contributed by atoms with Crippen molar-refractivity contribution in [3.8, 4) is 6.07 Å². The minimum absolute atomic E-state index is 0.339. The average molecular weight is 182 g/mol. The lowest BCUT2D eigenvalue weighted by atomic mass is 10.2. The number of nitrogens with zero attached hydrogens (tertiary/aromatic N) is 2. The molecule has 4 heteroatoms. The molecule has 12 heavy (non-hydrogen) atoms. The Labute approximate surface area is 75.8 Å². The van der Waals surface area contributed by atoms with Crippen molar-refractivity contribution in [2.45, 2.75) is 6.42 Å². The second-order valence-corrected chi connectivity index (χ2v) is 2.72. The quantitative estimate of drug-likeness (QED) is 0.696. The summed E-state index contributed by atoms with van der Waals surface area (Å²) in [7, 11) is 0. The summed E-state index contributed by atoms with van der Waals surface area (Å²) in [4.78, 5) is 3.80. The van der Waals surface area contributed by atoms with Gasteiger partial charge in [-0.1, -0.05) is 11.6 Å². The number of aromatic nitrogens is 1. The van der Waals surface area contributed by atoms with Crippen LogP contribution in [0.5, 0.6) is 0 Å². The van der Waals surface area contributed by atoms with Crippen molar-refractivity contribution in [2.24, 2.45) is 5.73 Å². The zero-order valence-corrected chi connectivity index (χ0v) is 7.17. The van der Waals surface area contributed by atoms with Crippen LogP contribution in [0.3, 0.4) is 0 Å². The van der Waals surface area contributed by atoms with E-state index in [2.05, 4.69) is 4.98 Å². The van der Waals surface area contributed by atoms with Crippen molar-refractivity contribution in [3.63, 3.8) is 0 Å². The van der Waals surface area contributed by atoms with Gasteiger partial charge < -0.3 is 5.73 Å². The number of nitriles is 1. The van der Waals surface area contributed by atoms with Crippen molar-refractivity contribution in [3.05, 3.63) is 28.5 Å². The Balaban J connectivity index is 3.00. The Morgan fingerprint density at radius 3 is 2.92 bits per heavy atom. The van der Waals surface area contributed by atoms with Crippen molar-refractivity contribution in [1.29, 1.82) is 5.26 Å². The SMILES string of the molecule is N#Cc1cc(CCN)cc(Cl)n1. The fourth-order valence-corrected chi connectivity index (χ4v) is 1.15. The summed E-state index contributed by atoms with van der Waals surface area (Å²) < 4.78 is 0. The highest BCUT2D eigenvalue weighted by atomic mass is 35.5. The third-order valence-corrected chi connectivity index (χ3v) is 1.60. The molecule has 1 aromatic heterocycles. The second kappa shape index (κ2) is 4.05. The lowest BCUT2D eigenvalue weighted by molar-refractivity contribution is 0.962. The van der Waals surface area contributed by atoms with Gasteiger partial charge in [-0.05, 0) is 30.7 Å². The maximum atomic E-state index is 8.55. The Morgan fingerprint density at radius 2 is 2.33 bits per heavy atom. The number of hydrogen-bond donors (Lipinski definition) is 1. The number of halogens is 1. The second-order valence-electron chi connectivity index (χ2n) is 2.33. The Kier molecular flexibility index (Phi) is 3.03.